The van der Waals surface area contributed by atoms with Crippen LogP contribution in [0.15, 0.2) is 42.7 Å². The van der Waals surface area contributed by atoms with E-state index in [4.69, 9.17) is 0 Å². The Balaban J connectivity index is 2.18. The number of rotatable bonds is 3. The van der Waals surface area contributed by atoms with Gasteiger partial charge in [-0.15, -0.1) is 0 Å². The van der Waals surface area contributed by atoms with Crippen LogP contribution in [0.2, 0.25) is 0 Å². The molecule has 0 unspecified atom stereocenters. The highest BCUT2D eigenvalue weighted by Crippen LogP contribution is 2.12. The first kappa shape index (κ1) is 11.5. The molecule has 2 rings (SSSR count). The summed E-state index contributed by atoms with van der Waals surface area (Å²) in [7, 11) is 0. The lowest BCUT2D eigenvalue weighted by atomic mass is 10.0. The van der Waals surface area contributed by atoms with Gasteiger partial charge in [0.25, 0.3) is 0 Å². The monoisotopic (exact) mass is 229 g/mol. The summed E-state index contributed by atoms with van der Waals surface area (Å²) in [6, 6.07) is 8.16. The Hall–Kier alpha value is -2.03. The maximum atomic E-state index is 13.3. The minimum absolute atomic E-state index is 0.100. The summed E-state index contributed by atoms with van der Waals surface area (Å²) in [5.74, 6) is -0.445. The standard InChI is InChI=1S/C14H12FNO/c1-10-4-5-12(8-13(10)15)14(17)7-11-3-2-6-16-9-11/h2-6,8-9H,7H2,1H3. The van der Waals surface area contributed by atoms with Gasteiger partial charge in [-0.25, -0.2) is 4.39 Å². The van der Waals surface area contributed by atoms with Crippen LogP contribution in [0.1, 0.15) is 21.5 Å². The van der Waals surface area contributed by atoms with E-state index in [1.807, 2.05) is 6.07 Å². The van der Waals surface area contributed by atoms with Gasteiger partial charge in [0.15, 0.2) is 5.78 Å². The molecule has 0 fully saturated rings. The van der Waals surface area contributed by atoms with Crippen molar-refractivity contribution in [3.63, 3.8) is 0 Å². The number of Topliss-reactive ketones (excluding diaryl/α,β-unsaturated/α-hetero) is 1. The second-order valence-corrected chi connectivity index (χ2v) is 3.93. The maximum absolute atomic E-state index is 13.3. The van der Waals surface area contributed by atoms with E-state index in [1.54, 1.807) is 37.5 Å². The second-order valence-electron chi connectivity index (χ2n) is 3.93. The van der Waals surface area contributed by atoms with Crippen LogP contribution in [0.4, 0.5) is 4.39 Å². The van der Waals surface area contributed by atoms with E-state index < -0.39 is 0 Å². The van der Waals surface area contributed by atoms with Crippen LogP contribution in [-0.2, 0) is 6.42 Å². The number of carbonyl (C=O) groups excluding carboxylic acids is 1. The van der Waals surface area contributed by atoms with Gasteiger partial charge in [-0.1, -0.05) is 18.2 Å². The van der Waals surface area contributed by atoms with Crippen molar-refractivity contribution in [3.05, 3.63) is 65.2 Å². The predicted octanol–water partition coefficient (Wildman–Crippen LogP) is 2.95. The zero-order chi connectivity index (χ0) is 12.3. The van der Waals surface area contributed by atoms with Crippen molar-refractivity contribution in [1.82, 2.24) is 4.98 Å². The second kappa shape index (κ2) is 4.87. The summed E-state index contributed by atoms with van der Waals surface area (Å²) in [5.41, 5.74) is 1.78. The van der Waals surface area contributed by atoms with Gasteiger partial charge >= 0.3 is 0 Å². The molecule has 1 heterocycles. The van der Waals surface area contributed by atoms with Crippen molar-refractivity contribution in [1.29, 1.82) is 0 Å². The number of halogens is 1. The number of aryl methyl sites for hydroxylation is 1. The van der Waals surface area contributed by atoms with Gasteiger partial charge in [0, 0.05) is 24.4 Å². The fourth-order valence-electron chi connectivity index (χ4n) is 1.56. The quantitative estimate of drug-likeness (QED) is 0.757. The largest absolute Gasteiger partial charge is 0.294 e. The van der Waals surface area contributed by atoms with Crippen LogP contribution in [0.25, 0.3) is 0 Å². The van der Waals surface area contributed by atoms with Gasteiger partial charge in [0.05, 0.1) is 0 Å². The van der Waals surface area contributed by atoms with Crippen LogP contribution in [0.5, 0.6) is 0 Å². The molecule has 0 spiro atoms. The SMILES string of the molecule is Cc1ccc(C(=O)Cc2cccnc2)cc1F. The van der Waals surface area contributed by atoms with Gasteiger partial charge in [-0.2, -0.15) is 0 Å². The zero-order valence-corrected chi connectivity index (χ0v) is 9.48. The summed E-state index contributed by atoms with van der Waals surface area (Å²) >= 11 is 0. The molecule has 0 aliphatic heterocycles. The number of aromatic nitrogens is 1. The van der Waals surface area contributed by atoms with E-state index in [1.165, 1.54) is 6.07 Å². The number of benzene rings is 1. The topological polar surface area (TPSA) is 30.0 Å². The molecule has 0 aliphatic rings. The lowest BCUT2D eigenvalue weighted by molar-refractivity contribution is 0.0992. The Labute approximate surface area is 99.1 Å². The summed E-state index contributed by atoms with van der Waals surface area (Å²) in [6.07, 6.45) is 3.54. The van der Waals surface area contributed by atoms with Crippen molar-refractivity contribution >= 4 is 5.78 Å². The summed E-state index contributed by atoms with van der Waals surface area (Å²) in [5, 5.41) is 0. The van der Waals surface area contributed by atoms with E-state index in [-0.39, 0.29) is 18.0 Å². The van der Waals surface area contributed by atoms with Crippen molar-refractivity contribution in [3.8, 4) is 0 Å². The Morgan fingerprint density at radius 2 is 2.18 bits per heavy atom. The highest BCUT2D eigenvalue weighted by molar-refractivity contribution is 5.97. The molecule has 2 aromatic rings. The lowest BCUT2D eigenvalue weighted by Crippen LogP contribution is -2.04. The van der Waals surface area contributed by atoms with Gasteiger partial charge < -0.3 is 0 Å². The van der Waals surface area contributed by atoms with Crippen molar-refractivity contribution in [2.75, 3.05) is 0 Å². The number of hydrogen-bond acceptors (Lipinski definition) is 2. The van der Waals surface area contributed by atoms with Crippen molar-refractivity contribution in [2.45, 2.75) is 13.3 Å². The Bertz CT molecular complexity index is 537. The summed E-state index contributed by atoms with van der Waals surface area (Å²) < 4.78 is 13.3. The molecular formula is C14H12FNO. The highest BCUT2D eigenvalue weighted by Gasteiger charge is 2.09. The van der Waals surface area contributed by atoms with Crippen LogP contribution in [0.3, 0.4) is 0 Å². The number of hydrogen-bond donors (Lipinski definition) is 0. The first-order valence-corrected chi connectivity index (χ1v) is 5.35. The van der Waals surface area contributed by atoms with E-state index in [0.717, 1.165) is 5.56 Å². The molecule has 0 amide bonds. The van der Waals surface area contributed by atoms with E-state index in [2.05, 4.69) is 4.98 Å². The number of carbonyl (C=O) groups is 1. The Kier molecular flexibility index (Phi) is 3.28. The number of ketones is 1. The van der Waals surface area contributed by atoms with Gasteiger partial charge in [-0.3, -0.25) is 9.78 Å². The first-order chi connectivity index (χ1) is 8.16. The predicted molar refractivity (Wildman–Crippen MR) is 63.4 cm³/mol. The molecule has 1 aromatic heterocycles. The zero-order valence-electron chi connectivity index (χ0n) is 9.48. The normalized spacial score (nSPS) is 10.2. The molecule has 17 heavy (non-hydrogen) atoms. The van der Waals surface area contributed by atoms with Crippen LogP contribution in [0, 0.1) is 12.7 Å². The van der Waals surface area contributed by atoms with Gasteiger partial charge in [-0.05, 0) is 30.2 Å². The van der Waals surface area contributed by atoms with E-state index in [9.17, 15) is 9.18 Å². The molecule has 0 aliphatic carbocycles. The minimum atomic E-state index is -0.345. The van der Waals surface area contributed by atoms with Crippen molar-refractivity contribution in [2.24, 2.45) is 0 Å². The van der Waals surface area contributed by atoms with Crippen LogP contribution < -0.4 is 0 Å². The molecule has 1 aromatic carbocycles. The smallest absolute Gasteiger partial charge is 0.167 e. The molecule has 0 atom stereocenters. The first-order valence-electron chi connectivity index (χ1n) is 5.35. The van der Waals surface area contributed by atoms with Crippen LogP contribution >= 0.6 is 0 Å². The fraction of sp³-hybridized carbons (Fsp3) is 0.143. The van der Waals surface area contributed by atoms with Crippen molar-refractivity contribution < 1.29 is 9.18 Å². The molecule has 0 N–H and O–H groups in total. The molecule has 86 valence electrons. The fourth-order valence-corrected chi connectivity index (χ4v) is 1.56. The molecule has 0 saturated carbocycles. The third-order valence-electron chi connectivity index (χ3n) is 2.58. The maximum Gasteiger partial charge on any atom is 0.167 e. The molecule has 0 bridgehead atoms. The van der Waals surface area contributed by atoms with Gasteiger partial charge in [0.2, 0.25) is 0 Å². The number of pyridine rings is 1. The van der Waals surface area contributed by atoms with Crippen LogP contribution in [-0.4, -0.2) is 10.8 Å². The average molecular weight is 229 g/mol. The minimum Gasteiger partial charge on any atom is -0.294 e. The third kappa shape index (κ3) is 2.75. The Morgan fingerprint density at radius 1 is 1.35 bits per heavy atom. The molecule has 0 radical (unpaired) electrons. The van der Waals surface area contributed by atoms with E-state index >= 15 is 0 Å². The average Bonchev–Trinajstić information content (AvgIpc) is 2.34. The van der Waals surface area contributed by atoms with E-state index in [0.29, 0.717) is 11.1 Å². The molecular weight excluding hydrogens is 217 g/mol. The lowest BCUT2D eigenvalue weighted by Gasteiger charge is -2.02. The number of nitrogens with zero attached hydrogens (tertiary/aromatic N) is 1. The Morgan fingerprint density at radius 3 is 2.82 bits per heavy atom. The summed E-state index contributed by atoms with van der Waals surface area (Å²) in [6.45, 7) is 1.67. The highest BCUT2D eigenvalue weighted by atomic mass is 19.1. The molecule has 0 saturated heterocycles. The molecule has 3 heteroatoms. The van der Waals surface area contributed by atoms with Gasteiger partial charge in [0.1, 0.15) is 5.82 Å². The third-order valence-corrected chi connectivity index (χ3v) is 2.58. The molecule has 2 nitrogen and oxygen atoms in total. The summed E-state index contributed by atoms with van der Waals surface area (Å²) in [4.78, 5) is 15.8.